The number of ether oxygens (including phenoxy) is 2. The van der Waals surface area contributed by atoms with Crippen LogP contribution in [-0.2, 0) is 16.1 Å². The Labute approximate surface area is 169 Å². The van der Waals surface area contributed by atoms with Gasteiger partial charge in [0.25, 0.3) is 0 Å². The number of fused-ring (bicyclic) bond motifs is 2. The van der Waals surface area contributed by atoms with Crippen LogP contribution in [0.15, 0.2) is 40.4 Å². The number of esters is 1. The molecule has 0 spiro atoms. The van der Waals surface area contributed by atoms with Crippen LogP contribution in [0.4, 0.5) is 0 Å². The first-order valence-corrected chi connectivity index (χ1v) is 10.2. The molecular weight excluding hydrogens is 350 g/mol. The first-order valence-electron chi connectivity index (χ1n) is 10.2. The summed E-state index contributed by atoms with van der Waals surface area (Å²) >= 11 is 0. The van der Waals surface area contributed by atoms with Crippen molar-refractivity contribution in [2.45, 2.75) is 48.1 Å². The highest BCUT2D eigenvalue weighted by Gasteiger charge is 2.69. The second-order valence-corrected chi connectivity index (χ2v) is 8.63. The Morgan fingerprint density at radius 2 is 1.75 bits per heavy atom. The molecule has 0 N–H and O–H groups in total. The average molecular weight is 384 g/mol. The SMILES string of the molecule is CCOC(=O)C1C(C=NCc2ccc(OC)cc2)C2(C)C(C)=C(C)C1(C)C2C. The quantitative estimate of drug-likeness (QED) is 0.391. The van der Waals surface area contributed by atoms with Gasteiger partial charge in [-0.05, 0) is 44.4 Å². The Kier molecular flexibility index (Phi) is 5.44. The fraction of sp³-hybridized carbons (Fsp3) is 0.583. The Morgan fingerprint density at radius 1 is 1.14 bits per heavy atom. The number of carbonyl (C=O) groups excluding carboxylic acids is 1. The van der Waals surface area contributed by atoms with E-state index < -0.39 is 0 Å². The van der Waals surface area contributed by atoms with E-state index >= 15 is 0 Å². The van der Waals surface area contributed by atoms with E-state index in [9.17, 15) is 4.79 Å². The van der Waals surface area contributed by atoms with Crippen LogP contribution in [0.2, 0.25) is 0 Å². The Balaban J connectivity index is 1.91. The smallest absolute Gasteiger partial charge is 0.310 e. The first-order chi connectivity index (χ1) is 13.2. The summed E-state index contributed by atoms with van der Waals surface area (Å²) in [7, 11) is 1.66. The third kappa shape index (κ3) is 2.80. The normalized spacial score (nSPS) is 34.3. The lowest BCUT2D eigenvalue weighted by molar-refractivity contribution is -0.152. The molecule has 0 radical (unpaired) electrons. The third-order valence-corrected chi connectivity index (χ3v) is 7.91. The Morgan fingerprint density at radius 3 is 2.32 bits per heavy atom. The number of rotatable bonds is 6. The summed E-state index contributed by atoms with van der Waals surface area (Å²) in [5.74, 6) is 0.984. The molecule has 5 unspecified atom stereocenters. The summed E-state index contributed by atoms with van der Waals surface area (Å²) in [4.78, 5) is 17.7. The molecule has 2 aliphatic rings. The topological polar surface area (TPSA) is 47.9 Å². The second kappa shape index (κ2) is 7.38. The first kappa shape index (κ1) is 20.6. The van der Waals surface area contributed by atoms with E-state index in [-0.39, 0.29) is 28.6 Å². The average Bonchev–Trinajstić information content (AvgIpc) is 2.94. The van der Waals surface area contributed by atoms with Crippen LogP contribution in [0.5, 0.6) is 5.75 Å². The van der Waals surface area contributed by atoms with E-state index in [0.717, 1.165) is 11.3 Å². The molecule has 4 nitrogen and oxygen atoms in total. The lowest BCUT2D eigenvalue weighted by atomic mass is 9.66. The van der Waals surface area contributed by atoms with Gasteiger partial charge in [0.2, 0.25) is 0 Å². The van der Waals surface area contributed by atoms with Crippen molar-refractivity contribution in [2.75, 3.05) is 13.7 Å². The van der Waals surface area contributed by atoms with Crippen molar-refractivity contribution in [1.82, 2.24) is 0 Å². The van der Waals surface area contributed by atoms with Crippen molar-refractivity contribution in [2.24, 2.45) is 33.6 Å². The lowest BCUT2D eigenvalue weighted by Gasteiger charge is -2.38. The molecule has 0 aliphatic heterocycles. The summed E-state index contributed by atoms with van der Waals surface area (Å²) in [5, 5.41) is 0. The minimum atomic E-state index is -0.184. The van der Waals surface area contributed by atoms with E-state index in [0.29, 0.717) is 19.1 Å². The van der Waals surface area contributed by atoms with Gasteiger partial charge < -0.3 is 9.47 Å². The van der Waals surface area contributed by atoms with Gasteiger partial charge >= 0.3 is 5.97 Å². The third-order valence-electron chi connectivity index (χ3n) is 7.91. The standard InChI is InChI=1S/C24H33NO3/c1-8-28-22(26)21-20(14-25-13-18-9-11-19(27-7)12-10-18)23(5)15(2)16(3)24(21,6)17(23)4/h9-12,14,17,20-21H,8,13H2,1-7H3. The maximum Gasteiger partial charge on any atom is 0.310 e. The number of hydrogen-bond acceptors (Lipinski definition) is 4. The van der Waals surface area contributed by atoms with Gasteiger partial charge in [-0.1, -0.05) is 44.1 Å². The highest BCUT2D eigenvalue weighted by Crippen LogP contribution is 2.71. The second-order valence-electron chi connectivity index (χ2n) is 8.63. The van der Waals surface area contributed by atoms with E-state index in [1.54, 1.807) is 7.11 Å². The number of benzene rings is 1. The number of nitrogens with zero attached hydrogens (tertiary/aromatic N) is 1. The van der Waals surface area contributed by atoms with E-state index in [2.05, 4.69) is 34.6 Å². The molecule has 4 heteroatoms. The van der Waals surface area contributed by atoms with Crippen molar-refractivity contribution in [3.8, 4) is 5.75 Å². The zero-order valence-electron chi connectivity index (χ0n) is 18.2. The molecule has 0 aromatic heterocycles. The summed E-state index contributed by atoms with van der Waals surface area (Å²) in [5.41, 5.74) is 3.63. The van der Waals surface area contributed by atoms with Gasteiger partial charge in [0.05, 0.1) is 26.2 Å². The van der Waals surface area contributed by atoms with E-state index in [1.807, 2.05) is 37.4 Å². The van der Waals surface area contributed by atoms with Crippen LogP contribution in [0.1, 0.15) is 47.1 Å². The van der Waals surface area contributed by atoms with Crippen molar-refractivity contribution in [1.29, 1.82) is 0 Å². The van der Waals surface area contributed by atoms with Crippen molar-refractivity contribution >= 4 is 12.2 Å². The van der Waals surface area contributed by atoms with Crippen LogP contribution in [-0.4, -0.2) is 25.9 Å². The van der Waals surface area contributed by atoms with Gasteiger partial charge in [-0.25, -0.2) is 0 Å². The highest BCUT2D eigenvalue weighted by molar-refractivity contribution is 5.83. The van der Waals surface area contributed by atoms with Gasteiger partial charge in [0.1, 0.15) is 5.75 Å². The summed E-state index contributed by atoms with van der Waals surface area (Å²) in [6.45, 7) is 14.1. The van der Waals surface area contributed by atoms with Crippen LogP contribution < -0.4 is 4.74 Å². The molecule has 3 rings (SSSR count). The van der Waals surface area contributed by atoms with Crippen molar-refractivity contribution in [3.63, 3.8) is 0 Å². The maximum atomic E-state index is 13.0. The fourth-order valence-electron chi connectivity index (χ4n) is 5.71. The largest absolute Gasteiger partial charge is 0.497 e. The molecule has 2 aliphatic carbocycles. The van der Waals surface area contributed by atoms with Gasteiger partial charge in [0, 0.05) is 23.0 Å². The number of hydrogen-bond donors (Lipinski definition) is 0. The molecule has 1 aromatic rings. The van der Waals surface area contributed by atoms with Gasteiger partial charge in [-0.15, -0.1) is 0 Å². The minimum absolute atomic E-state index is 0.0495. The molecule has 1 fully saturated rings. The molecule has 5 atom stereocenters. The molecule has 0 saturated heterocycles. The van der Waals surface area contributed by atoms with E-state index in [4.69, 9.17) is 14.5 Å². The monoisotopic (exact) mass is 383 g/mol. The van der Waals surface area contributed by atoms with Gasteiger partial charge in [0.15, 0.2) is 0 Å². The fourth-order valence-corrected chi connectivity index (χ4v) is 5.71. The number of allylic oxidation sites excluding steroid dienone is 2. The number of methoxy groups -OCH3 is 1. The summed E-state index contributed by atoms with van der Waals surface area (Å²) in [6, 6.07) is 7.95. The zero-order valence-corrected chi connectivity index (χ0v) is 18.2. The van der Waals surface area contributed by atoms with Crippen LogP contribution in [0.25, 0.3) is 0 Å². The molecule has 0 amide bonds. The van der Waals surface area contributed by atoms with Crippen LogP contribution in [0.3, 0.4) is 0 Å². The minimum Gasteiger partial charge on any atom is -0.497 e. The van der Waals surface area contributed by atoms with Gasteiger partial charge in [-0.3, -0.25) is 9.79 Å². The number of aliphatic imine (C=N–C) groups is 1. The predicted octanol–water partition coefficient (Wildman–Crippen LogP) is 5.07. The molecule has 1 aromatic carbocycles. The molecular formula is C24H33NO3. The van der Waals surface area contributed by atoms with E-state index in [1.165, 1.54) is 11.1 Å². The lowest BCUT2D eigenvalue weighted by Crippen LogP contribution is -2.40. The predicted molar refractivity (Wildman–Crippen MR) is 113 cm³/mol. The molecule has 2 bridgehead atoms. The van der Waals surface area contributed by atoms with Crippen LogP contribution >= 0.6 is 0 Å². The van der Waals surface area contributed by atoms with Crippen molar-refractivity contribution < 1.29 is 14.3 Å². The Hall–Kier alpha value is -2.10. The highest BCUT2D eigenvalue weighted by atomic mass is 16.5. The summed E-state index contributed by atoms with van der Waals surface area (Å²) in [6.07, 6.45) is 2.03. The molecule has 1 saturated carbocycles. The number of carbonyl (C=O) groups is 1. The van der Waals surface area contributed by atoms with Crippen molar-refractivity contribution in [3.05, 3.63) is 41.0 Å². The Bertz CT molecular complexity index is 810. The molecule has 0 heterocycles. The van der Waals surface area contributed by atoms with Gasteiger partial charge in [-0.2, -0.15) is 0 Å². The molecule has 152 valence electrons. The summed E-state index contributed by atoms with van der Waals surface area (Å²) < 4.78 is 10.7. The zero-order chi connectivity index (χ0) is 20.7. The van der Waals surface area contributed by atoms with Crippen LogP contribution in [0, 0.1) is 28.6 Å². The maximum absolute atomic E-state index is 13.0. The molecule has 28 heavy (non-hydrogen) atoms.